The van der Waals surface area contributed by atoms with Gasteiger partial charge in [0.25, 0.3) is 0 Å². The molecule has 0 saturated heterocycles. The zero-order valence-electron chi connectivity index (χ0n) is 20.8. The van der Waals surface area contributed by atoms with Crippen LogP contribution in [0, 0.1) is 6.92 Å². The summed E-state index contributed by atoms with van der Waals surface area (Å²) in [7, 11) is 0. The van der Waals surface area contributed by atoms with E-state index in [-0.39, 0.29) is 40.3 Å². The quantitative estimate of drug-likeness (QED) is 0.171. The first-order valence-corrected chi connectivity index (χ1v) is 14.3. The SMILES string of the molecule is C=CCn1c(CSc2ccccc2)nnc1SCC(=O)Nc1sc(C(=O)OCC)c(C)c1C(=O)OCC. The van der Waals surface area contributed by atoms with E-state index in [2.05, 4.69) is 22.1 Å². The average Bonchev–Trinajstić information content (AvgIpc) is 3.42. The number of nitrogens with zero attached hydrogens (tertiary/aromatic N) is 3. The number of amides is 1. The second-order valence-corrected chi connectivity index (χ2v) is 10.4. The molecular formula is C25H28N4O5S3. The van der Waals surface area contributed by atoms with Gasteiger partial charge in [-0.3, -0.25) is 4.79 Å². The molecule has 1 amide bonds. The number of esters is 2. The Labute approximate surface area is 228 Å². The van der Waals surface area contributed by atoms with Gasteiger partial charge in [0, 0.05) is 11.4 Å². The Kier molecular flexibility index (Phi) is 10.8. The molecule has 12 heteroatoms. The molecule has 0 aliphatic carbocycles. The maximum Gasteiger partial charge on any atom is 0.348 e. The second kappa shape index (κ2) is 14.0. The highest BCUT2D eigenvalue weighted by Gasteiger charge is 2.27. The van der Waals surface area contributed by atoms with Gasteiger partial charge in [-0.1, -0.05) is 36.0 Å². The topological polar surface area (TPSA) is 112 Å². The van der Waals surface area contributed by atoms with Gasteiger partial charge >= 0.3 is 11.9 Å². The van der Waals surface area contributed by atoms with Gasteiger partial charge in [0.05, 0.1) is 30.3 Å². The molecular weight excluding hydrogens is 532 g/mol. The Hall–Kier alpha value is -3.09. The van der Waals surface area contributed by atoms with Gasteiger partial charge in [0.1, 0.15) is 15.7 Å². The summed E-state index contributed by atoms with van der Waals surface area (Å²) < 4.78 is 12.1. The van der Waals surface area contributed by atoms with Crippen molar-refractivity contribution in [2.45, 2.75) is 43.1 Å². The molecule has 0 unspecified atom stereocenters. The van der Waals surface area contributed by atoms with Gasteiger partial charge in [-0.2, -0.15) is 0 Å². The van der Waals surface area contributed by atoms with Crippen molar-refractivity contribution in [2.75, 3.05) is 24.3 Å². The minimum atomic E-state index is -0.610. The standard InChI is InChI=1S/C25H28N4O5S3/c1-5-13-29-18(14-35-17-11-9-8-10-12-17)27-28-25(29)36-15-19(30)26-22-20(23(31)33-6-2)16(4)21(37-22)24(32)34-7-3/h5,8-12H,1,6-7,13-15H2,2-4H3,(H,26,30). The van der Waals surface area contributed by atoms with Crippen molar-refractivity contribution in [1.29, 1.82) is 0 Å². The number of allylic oxidation sites excluding steroid dienone is 1. The van der Waals surface area contributed by atoms with Crippen LogP contribution in [0.3, 0.4) is 0 Å². The third-order valence-electron chi connectivity index (χ3n) is 4.89. The van der Waals surface area contributed by atoms with Crippen LogP contribution >= 0.6 is 34.9 Å². The largest absolute Gasteiger partial charge is 0.462 e. The Bertz CT molecular complexity index is 1260. The molecule has 0 saturated carbocycles. The number of aromatic nitrogens is 3. The van der Waals surface area contributed by atoms with Crippen LogP contribution < -0.4 is 5.32 Å². The van der Waals surface area contributed by atoms with Crippen LogP contribution in [0.5, 0.6) is 0 Å². The lowest BCUT2D eigenvalue weighted by atomic mass is 10.1. The predicted octanol–water partition coefficient (Wildman–Crippen LogP) is 5.21. The highest BCUT2D eigenvalue weighted by atomic mass is 32.2. The van der Waals surface area contributed by atoms with Crippen molar-refractivity contribution < 1.29 is 23.9 Å². The molecule has 0 fully saturated rings. The molecule has 0 radical (unpaired) electrons. The monoisotopic (exact) mass is 560 g/mol. The number of thioether (sulfide) groups is 2. The molecule has 2 heterocycles. The number of ether oxygens (including phenoxy) is 2. The molecule has 0 aliphatic rings. The number of anilines is 1. The molecule has 1 N–H and O–H groups in total. The van der Waals surface area contributed by atoms with Crippen LogP contribution in [0.15, 0.2) is 53.0 Å². The molecule has 0 atom stereocenters. The van der Waals surface area contributed by atoms with Gasteiger partial charge in [0.15, 0.2) is 5.16 Å². The second-order valence-electron chi connectivity index (χ2n) is 7.44. The van der Waals surface area contributed by atoms with E-state index in [1.165, 1.54) is 11.8 Å². The van der Waals surface area contributed by atoms with E-state index in [1.54, 1.807) is 38.6 Å². The van der Waals surface area contributed by atoms with Crippen molar-refractivity contribution in [1.82, 2.24) is 14.8 Å². The van der Waals surface area contributed by atoms with Crippen molar-refractivity contribution >= 4 is 57.7 Å². The summed E-state index contributed by atoms with van der Waals surface area (Å²) in [4.78, 5) is 39.1. The predicted molar refractivity (Wildman–Crippen MR) is 147 cm³/mol. The summed E-state index contributed by atoms with van der Waals surface area (Å²) >= 11 is 3.86. The summed E-state index contributed by atoms with van der Waals surface area (Å²) in [6, 6.07) is 9.99. The van der Waals surface area contributed by atoms with Gasteiger partial charge < -0.3 is 19.4 Å². The fourth-order valence-corrected chi connectivity index (χ4v) is 5.97. The van der Waals surface area contributed by atoms with Crippen molar-refractivity contribution in [3.8, 4) is 0 Å². The van der Waals surface area contributed by atoms with E-state index in [1.807, 2.05) is 34.9 Å². The third-order valence-corrected chi connectivity index (χ3v) is 8.05. The van der Waals surface area contributed by atoms with E-state index >= 15 is 0 Å². The van der Waals surface area contributed by atoms with Gasteiger partial charge in [-0.05, 0) is 38.5 Å². The maximum atomic E-state index is 12.8. The summed E-state index contributed by atoms with van der Waals surface area (Å²) in [5, 5.41) is 12.1. The summed E-state index contributed by atoms with van der Waals surface area (Å²) in [5.41, 5.74) is 0.569. The molecule has 1 aromatic carbocycles. The van der Waals surface area contributed by atoms with Crippen LogP contribution in [0.25, 0.3) is 0 Å². The number of hydrogen-bond donors (Lipinski definition) is 1. The highest BCUT2D eigenvalue weighted by molar-refractivity contribution is 7.99. The molecule has 9 nitrogen and oxygen atoms in total. The first kappa shape index (κ1) is 28.5. The van der Waals surface area contributed by atoms with Gasteiger partial charge in [0.2, 0.25) is 5.91 Å². The molecule has 0 bridgehead atoms. The zero-order chi connectivity index (χ0) is 26.8. The maximum absolute atomic E-state index is 12.8. The number of thiophene rings is 1. The van der Waals surface area contributed by atoms with Crippen LogP contribution in [0.2, 0.25) is 0 Å². The summed E-state index contributed by atoms with van der Waals surface area (Å²) in [6.45, 7) is 9.69. The van der Waals surface area contributed by atoms with Crippen LogP contribution in [-0.2, 0) is 26.6 Å². The summed E-state index contributed by atoms with van der Waals surface area (Å²) in [6.07, 6.45) is 1.75. The smallest absolute Gasteiger partial charge is 0.348 e. The fourth-order valence-electron chi connectivity index (χ4n) is 3.24. The third kappa shape index (κ3) is 7.46. The van der Waals surface area contributed by atoms with Gasteiger partial charge in [-0.15, -0.1) is 39.9 Å². The van der Waals surface area contributed by atoms with Crippen LogP contribution in [-0.4, -0.2) is 51.6 Å². The number of rotatable bonds is 13. The molecule has 0 spiro atoms. The Morgan fingerprint density at radius 1 is 1.08 bits per heavy atom. The van der Waals surface area contributed by atoms with Crippen LogP contribution in [0.4, 0.5) is 5.00 Å². The molecule has 2 aromatic heterocycles. The first-order chi connectivity index (χ1) is 17.9. The van der Waals surface area contributed by atoms with Gasteiger partial charge in [-0.25, -0.2) is 9.59 Å². The Balaban J connectivity index is 1.72. The van der Waals surface area contributed by atoms with E-state index in [0.717, 1.165) is 22.1 Å². The summed E-state index contributed by atoms with van der Waals surface area (Å²) in [5.74, 6) is -0.111. The van der Waals surface area contributed by atoms with E-state index in [9.17, 15) is 14.4 Å². The normalized spacial score (nSPS) is 10.7. The first-order valence-electron chi connectivity index (χ1n) is 11.5. The lowest BCUT2D eigenvalue weighted by molar-refractivity contribution is -0.113. The van der Waals surface area contributed by atoms with Crippen LogP contribution in [0.1, 0.15) is 45.3 Å². The minimum Gasteiger partial charge on any atom is -0.462 e. The Morgan fingerprint density at radius 2 is 1.78 bits per heavy atom. The molecule has 37 heavy (non-hydrogen) atoms. The Morgan fingerprint density at radius 3 is 2.46 bits per heavy atom. The number of benzene rings is 1. The highest BCUT2D eigenvalue weighted by Crippen LogP contribution is 2.34. The van der Waals surface area contributed by atoms with E-state index < -0.39 is 11.9 Å². The van der Waals surface area contributed by atoms with E-state index in [0.29, 0.717) is 23.0 Å². The molecule has 196 valence electrons. The fraction of sp³-hybridized carbons (Fsp3) is 0.320. The minimum absolute atomic E-state index is 0.0229. The molecule has 0 aliphatic heterocycles. The van der Waals surface area contributed by atoms with Crippen molar-refractivity contribution in [3.63, 3.8) is 0 Å². The number of nitrogens with one attached hydrogen (secondary N) is 1. The number of hydrogen-bond acceptors (Lipinski definition) is 10. The molecule has 3 aromatic rings. The number of carbonyl (C=O) groups excluding carboxylic acids is 3. The zero-order valence-corrected chi connectivity index (χ0v) is 23.3. The van der Waals surface area contributed by atoms with Crippen molar-refractivity contribution in [2.24, 2.45) is 0 Å². The van der Waals surface area contributed by atoms with Crippen molar-refractivity contribution in [3.05, 3.63) is 64.8 Å². The average molecular weight is 561 g/mol. The number of carbonyl (C=O) groups is 3. The lowest BCUT2D eigenvalue weighted by Crippen LogP contribution is -2.17. The molecule has 3 rings (SSSR count). The van der Waals surface area contributed by atoms with E-state index in [4.69, 9.17) is 9.47 Å². The lowest BCUT2D eigenvalue weighted by Gasteiger charge is -2.09.